The van der Waals surface area contributed by atoms with E-state index in [-0.39, 0.29) is 5.56 Å². The minimum absolute atomic E-state index is 0.180. The number of imidazole rings is 1. The molecule has 0 bridgehead atoms. The lowest BCUT2D eigenvalue weighted by Crippen LogP contribution is -2.10. The van der Waals surface area contributed by atoms with Gasteiger partial charge in [0.2, 0.25) is 0 Å². The first-order valence-corrected chi connectivity index (χ1v) is 12.7. The van der Waals surface area contributed by atoms with Crippen molar-refractivity contribution in [1.29, 1.82) is 0 Å². The van der Waals surface area contributed by atoms with E-state index in [0.29, 0.717) is 47.1 Å². The van der Waals surface area contributed by atoms with Crippen LogP contribution in [0.25, 0.3) is 33.5 Å². The third kappa shape index (κ3) is 5.36. The van der Waals surface area contributed by atoms with E-state index in [1.54, 1.807) is 18.3 Å². The molecule has 2 aromatic carbocycles. The van der Waals surface area contributed by atoms with Gasteiger partial charge in [-0.05, 0) is 65.3 Å². The molecule has 0 unspecified atom stereocenters. The average molecular weight is 573 g/mol. The van der Waals surface area contributed by atoms with Gasteiger partial charge in [-0.1, -0.05) is 18.2 Å². The zero-order chi connectivity index (χ0) is 26.6. The maximum atomic E-state index is 11.5. The first kappa shape index (κ1) is 25.4. The van der Waals surface area contributed by atoms with Crippen molar-refractivity contribution in [3.8, 4) is 28.4 Å². The second-order valence-corrected chi connectivity index (χ2v) is 9.41. The number of aromatic amines is 1. The number of benzene rings is 2. The van der Waals surface area contributed by atoms with E-state index in [0.717, 1.165) is 33.5 Å². The van der Waals surface area contributed by atoms with Gasteiger partial charge in [-0.25, -0.2) is 9.78 Å². The van der Waals surface area contributed by atoms with Crippen molar-refractivity contribution >= 4 is 38.5 Å². The summed E-state index contributed by atoms with van der Waals surface area (Å²) in [6.07, 6.45) is 1.69. The van der Waals surface area contributed by atoms with E-state index in [4.69, 9.17) is 20.4 Å². The summed E-state index contributed by atoms with van der Waals surface area (Å²) >= 11 is 3.39. The number of ether oxygens (including phenoxy) is 1. The molecular weight excluding hydrogens is 548 g/mol. The summed E-state index contributed by atoms with van der Waals surface area (Å²) in [5, 5.41) is 13.6. The SMILES string of the molecule is Cc1cccc(-c2nc(CNc3cccc(C(=O)O)c3Br)[nH]c2-c2ccc3ncc(OCCN)cc3c2)n1. The van der Waals surface area contributed by atoms with E-state index in [1.807, 2.05) is 55.5 Å². The number of carboxylic acids is 1. The number of aromatic nitrogens is 4. The molecule has 0 saturated heterocycles. The minimum atomic E-state index is -1.00. The van der Waals surface area contributed by atoms with Gasteiger partial charge >= 0.3 is 5.97 Å². The number of hydrogen-bond acceptors (Lipinski definition) is 7. The third-order valence-electron chi connectivity index (χ3n) is 5.89. The highest BCUT2D eigenvalue weighted by atomic mass is 79.9. The molecule has 0 saturated carbocycles. The Morgan fingerprint density at radius 3 is 2.76 bits per heavy atom. The Hall–Kier alpha value is -4.28. The van der Waals surface area contributed by atoms with E-state index in [9.17, 15) is 9.90 Å². The van der Waals surface area contributed by atoms with Crippen LogP contribution in [0.4, 0.5) is 5.69 Å². The maximum absolute atomic E-state index is 11.5. The number of anilines is 1. The average Bonchev–Trinajstić information content (AvgIpc) is 3.35. The van der Waals surface area contributed by atoms with Gasteiger partial charge < -0.3 is 25.9 Å². The Morgan fingerprint density at radius 2 is 1.97 bits per heavy atom. The number of rotatable bonds is 9. The first-order chi connectivity index (χ1) is 18.4. The van der Waals surface area contributed by atoms with Crippen molar-refractivity contribution < 1.29 is 14.6 Å². The number of carbonyl (C=O) groups is 1. The molecule has 3 aromatic heterocycles. The van der Waals surface area contributed by atoms with Crippen LogP contribution in [-0.2, 0) is 6.54 Å². The molecule has 0 radical (unpaired) electrons. The van der Waals surface area contributed by atoms with Crippen molar-refractivity contribution in [2.75, 3.05) is 18.5 Å². The second kappa shape index (κ2) is 11.0. The largest absolute Gasteiger partial charge is 0.491 e. The van der Waals surface area contributed by atoms with Crippen molar-refractivity contribution in [2.24, 2.45) is 5.73 Å². The van der Waals surface area contributed by atoms with Crippen LogP contribution in [0.3, 0.4) is 0 Å². The van der Waals surface area contributed by atoms with E-state index >= 15 is 0 Å². The van der Waals surface area contributed by atoms with Gasteiger partial charge in [-0.15, -0.1) is 0 Å². The molecule has 0 atom stereocenters. The van der Waals surface area contributed by atoms with E-state index in [2.05, 4.69) is 31.2 Å². The molecule has 3 heterocycles. The van der Waals surface area contributed by atoms with Crippen LogP contribution < -0.4 is 15.8 Å². The molecule has 0 aliphatic rings. The molecule has 5 aromatic rings. The van der Waals surface area contributed by atoms with Crippen molar-refractivity contribution in [2.45, 2.75) is 13.5 Å². The number of nitrogens with zero attached hydrogens (tertiary/aromatic N) is 3. The summed E-state index contributed by atoms with van der Waals surface area (Å²) in [6.45, 7) is 3.12. The number of aryl methyl sites for hydroxylation is 1. The van der Waals surface area contributed by atoms with Crippen molar-refractivity contribution in [1.82, 2.24) is 19.9 Å². The highest BCUT2D eigenvalue weighted by Crippen LogP contribution is 2.33. The van der Waals surface area contributed by atoms with Crippen molar-refractivity contribution in [3.63, 3.8) is 0 Å². The molecule has 192 valence electrons. The minimum Gasteiger partial charge on any atom is -0.491 e. The van der Waals surface area contributed by atoms with Crippen LogP contribution >= 0.6 is 15.9 Å². The Balaban J connectivity index is 1.53. The van der Waals surface area contributed by atoms with Gasteiger partial charge in [0.25, 0.3) is 0 Å². The number of hydrogen-bond donors (Lipinski definition) is 4. The predicted molar refractivity (Wildman–Crippen MR) is 150 cm³/mol. The second-order valence-electron chi connectivity index (χ2n) is 8.61. The Labute approximate surface area is 227 Å². The number of fused-ring (bicyclic) bond motifs is 1. The first-order valence-electron chi connectivity index (χ1n) is 11.9. The fraction of sp³-hybridized carbons (Fsp3) is 0.143. The topological polar surface area (TPSA) is 139 Å². The summed E-state index contributed by atoms with van der Waals surface area (Å²) in [5.41, 5.74) is 11.3. The molecule has 0 aliphatic heterocycles. The summed E-state index contributed by atoms with van der Waals surface area (Å²) in [4.78, 5) is 29.0. The zero-order valence-electron chi connectivity index (χ0n) is 20.5. The van der Waals surface area contributed by atoms with Gasteiger partial charge in [-0.3, -0.25) is 9.97 Å². The fourth-order valence-electron chi connectivity index (χ4n) is 4.11. The lowest BCUT2D eigenvalue weighted by atomic mass is 10.1. The highest BCUT2D eigenvalue weighted by molar-refractivity contribution is 9.10. The van der Waals surface area contributed by atoms with Crippen LogP contribution in [0.5, 0.6) is 5.75 Å². The molecule has 0 amide bonds. The third-order valence-corrected chi connectivity index (χ3v) is 6.74. The van der Waals surface area contributed by atoms with E-state index in [1.165, 1.54) is 0 Å². The standard InChI is InChI=1S/C28H25BrN6O3/c1-16-4-2-7-23(33-16)27-26(17-8-9-21-18(12-17)13-19(14-31-21)38-11-10-30)34-24(35-27)15-32-22-6-3-5-20(25(22)29)28(36)37/h2-9,12-14,32H,10-11,15,30H2,1H3,(H,34,35)(H,36,37). The zero-order valence-corrected chi connectivity index (χ0v) is 22.1. The Kier molecular flexibility index (Phi) is 7.34. The Bertz CT molecular complexity index is 1630. The normalized spacial score (nSPS) is 11.0. The van der Waals surface area contributed by atoms with Crippen LogP contribution in [-0.4, -0.2) is 44.2 Å². The fourth-order valence-corrected chi connectivity index (χ4v) is 4.68. The lowest BCUT2D eigenvalue weighted by molar-refractivity contribution is 0.0696. The van der Waals surface area contributed by atoms with Gasteiger partial charge in [-0.2, -0.15) is 0 Å². The Morgan fingerprint density at radius 1 is 1.13 bits per heavy atom. The number of H-pyrrole nitrogens is 1. The molecule has 5 N–H and O–H groups in total. The monoisotopic (exact) mass is 572 g/mol. The van der Waals surface area contributed by atoms with Gasteiger partial charge in [0.15, 0.2) is 0 Å². The summed E-state index contributed by atoms with van der Waals surface area (Å²) in [6, 6.07) is 18.8. The van der Waals surface area contributed by atoms with E-state index < -0.39 is 5.97 Å². The number of aromatic carboxylic acids is 1. The van der Waals surface area contributed by atoms with Crippen LogP contribution in [0, 0.1) is 6.92 Å². The number of nitrogens with two attached hydrogens (primary N) is 1. The number of pyridine rings is 2. The quantitative estimate of drug-likeness (QED) is 0.184. The highest BCUT2D eigenvalue weighted by Gasteiger charge is 2.17. The molecule has 0 spiro atoms. The predicted octanol–water partition coefficient (Wildman–Crippen LogP) is 5.41. The van der Waals surface area contributed by atoms with Crippen LogP contribution in [0.15, 0.2) is 71.3 Å². The molecular formula is C28H25BrN6O3. The maximum Gasteiger partial charge on any atom is 0.336 e. The van der Waals surface area contributed by atoms with Crippen LogP contribution in [0.2, 0.25) is 0 Å². The molecule has 0 aliphatic carbocycles. The lowest BCUT2D eigenvalue weighted by Gasteiger charge is -2.09. The summed E-state index contributed by atoms with van der Waals surface area (Å²) < 4.78 is 6.14. The van der Waals surface area contributed by atoms with Crippen molar-refractivity contribution in [3.05, 3.63) is 88.4 Å². The number of halogens is 1. The smallest absolute Gasteiger partial charge is 0.336 e. The van der Waals surface area contributed by atoms with Gasteiger partial charge in [0.1, 0.15) is 23.9 Å². The van der Waals surface area contributed by atoms with Gasteiger partial charge in [0.05, 0.1) is 39.7 Å². The number of carboxylic acid groups (broad SMARTS) is 1. The molecule has 0 fully saturated rings. The molecule has 9 nitrogen and oxygen atoms in total. The molecule has 38 heavy (non-hydrogen) atoms. The van der Waals surface area contributed by atoms with Gasteiger partial charge in [0, 0.05) is 28.9 Å². The molecule has 10 heteroatoms. The summed E-state index contributed by atoms with van der Waals surface area (Å²) in [5.74, 6) is 0.324. The van der Waals surface area contributed by atoms with Crippen LogP contribution in [0.1, 0.15) is 21.9 Å². The molecule has 5 rings (SSSR count). The number of nitrogens with one attached hydrogen (secondary N) is 2. The summed E-state index contributed by atoms with van der Waals surface area (Å²) in [7, 11) is 0.